The number of imidazole rings is 2. The number of nitrogens with one attached hydrogen (secondary N) is 2. The second-order valence-corrected chi connectivity index (χ2v) is 8.82. The molecule has 2 amide bonds. The summed E-state index contributed by atoms with van der Waals surface area (Å²) in [6, 6.07) is 10.6. The van der Waals surface area contributed by atoms with E-state index < -0.39 is 0 Å². The molecule has 0 bridgehead atoms. The van der Waals surface area contributed by atoms with E-state index in [-0.39, 0.29) is 11.8 Å². The van der Waals surface area contributed by atoms with Crippen LogP contribution in [0.1, 0.15) is 39.3 Å². The van der Waals surface area contributed by atoms with Crippen molar-refractivity contribution in [3.63, 3.8) is 0 Å². The Hall–Kier alpha value is -4.86. The molecule has 0 atom stereocenters. The summed E-state index contributed by atoms with van der Waals surface area (Å²) in [6.45, 7) is 7.32. The number of amides is 2. The first-order chi connectivity index (χ1) is 18.6. The lowest BCUT2D eigenvalue weighted by Crippen LogP contribution is -2.50. The highest BCUT2D eigenvalue weighted by atomic mass is 16.2. The van der Waals surface area contributed by atoms with Crippen molar-refractivity contribution in [3.8, 4) is 23.0 Å². The number of aromatic amines is 2. The maximum Gasteiger partial charge on any atom is 0.272 e. The lowest BCUT2D eigenvalue weighted by atomic mass is 10.2. The van der Waals surface area contributed by atoms with E-state index in [0.717, 1.165) is 17.8 Å². The number of allylic oxidation sites excluding steroid dienone is 2. The number of piperazine rings is 1. The van der Waals surface area contributed by atoms with Gasteiger partial charge in [-0.05, 0) is 37.3 Å². The monoisotopic (exact) mass is 508 g/mol. The molecule has 4 aromatic rings. The summed E-state index contributed by atoms with van der Waals surface area (Å²) in [7, 11) is 0. The van der Waals surface area contributed by atoms with Gasteiger partial charge in [-0.2, -0.15) is 0 Å². The van der Waals surface area contributed by atoms with E-state index in [1.54, 1.807) is 58.6 Å². The van der Waals surface area contributed by atoms with E-state index in [4.69, 9.17) is 0 Å². The molecule has 0 aromatic carbocycles. The molecule has 5 heterocycles. The summed E-state index contributed by atoms with van der Waals surface area (Å²) in [5, 5.41) is 0. The van der Waals surface area contributed by atoms with Gasteiger partial charge in [0.1, 0.15) is 22.8 Å². The minimum atomic E-state index is -0.180. The van der Waals surface area contributed by atoms with E-state index in [1.807, 2.05) is 25.1 Å². The Labute approximate surface area is 220 Å². The van der Waals surface area contributed by atoms with Crippen LogP contribution in [-0.4, -0.2) is 77.7 Å². The first kappa shape index (κ1) is 24.8. The van der Waals surface area contributed by atoms with Crippen LogP contribution in [0.2, 0.25) is 0 Å². The summed E-state index contributed by atoms with van der Waals surface area (Å²) < 4.78 is 0. The SMILES string of the molecule is C=Cc1cnc(-c2cccc(C(=O)N3CCN(C(=O)c4cccc(-c5ncc(C/C=C\C)[nH]5)n4)CC3)n2)[nH]1. The predicted octanol–water partition coefficient (Wildman–Crippen LogP) is 3.62. The standard InChI is InChI=1S/C28H28N8O2/c1-3-5-8-20-18-30-26(32-20)22-10-7-12-24(34-22)28(38)36-15-13-35(14-16-36)27(37)23-11-6-9-21(33-23)25-29-17-19(4-2)31-25/h3-7,9-12,17-18H,2,8,13-16H2,1H3,(H,29,31)(H,30,32)/b5-3-. The van der Waals surface area contributed by atoms with E-state index in [2.05, 4.69) is 36.5 Å². The summed E-state index contributed by atoms with van der Waals surface area (Å²) in [5.41, 5.74) is 3.62. The number of nitrogens with zero attached hydrogens (tertiary/aromatic N) is 6. The van der Waals surface area contributed by atoms with Crippen molar-refractivity contribution in [3.05, 3.63) is 90.3 Å². The molecule has 1 saturated heterocycles. The highest BCUT2D eigenvalue weighted by Crippen LogP contribution is 2.18. The Morgan fingerprint density at radius 2 is 1.42 bits per heavy atom. The molecule has 0 spiro atoms. The van der Waals surface area contributed by atoms with Crippen LogP contribution >= 0.6 is 0 Å². The maximum absolute atomic E-state index is 13.2. The third-order valence-electron chi connectivity index (χ3n) is 6.29. The van der Waals surface area contributed by atoms with E-state index in [9.17, 15) is 9.59 Å². The van der Waals surface area contributed by atoms with Gasteiger partial charge in [0.25, 0.3) is 11.8 Å². The topological polar surface area (TPSA) is 124 Å². The van der Waals surface area contributed by atoms with Crippen LogP contribution in [-0.2, 0) is 6.42 Å². The first-order valence-electron chi connectivity index (χ1n) is 12.4. The van der Waals surface area contributed by atoms with Crippen molar-refractivity contribution in [1.29, 1.82) is 0 Å². The fraction of sp³-hybridized carbons (Fsp3) is 0.214. The minimum Gasteiger partial charge on any atom is -0.340 e. The molecule has 0 radical (unpaired) electrons. The lowest BCUT2D eigenvalue weighted by molar-refractivity contribution is 0.0529. The number of aromatic nitrogens is 6. The van der Waals surface area contributed by atoms with Crippen LogP contribution < -0.4 is 0 Å². The molecule has 10 nitrogen and oxygen atoms in total. The van der Waals surface area contributed by atoms with Gasteiger partial charge in [0.05, 0.1) is 11.9 Å². The van der Waals surface area contributed by atoms with E-state index >= 15 is 0 Å². The zero-order chi connectivity index (χ0) is 26.5. The molecule has 1 aliphatic rings. The quantitative estimate of drug-likeness (QED) is 0.368. The Bertz CT molecular complexity index is 1490. The van der Waals surface area contributed by atoms with E-state index in [0.29, 0.717) is 60.6 Å². The van der Waals surface area contributed by atoms with Gasteiger partial charge >= 0.3 is 0 Å². The molecule has 10 heteroatoms. The Kier molecular flexibility index (Phi) is 7.21. The van der Waals surface area contributed by atoms with Crippen molar-refractivity contribution < 1.29 is 9.59 Å². The normalized spacial score (nSPS) is 13.7. The van der Waals surface area contributed by atoms with Crippen molar-refractivity contribution in [2.24, 2.45) is 0 Å². The second kappa shape index (κ2) is 11.0. The van der Waals surface area contributed by atoms with Gasteiger partial charge in [-0.15, -0.1) is 0 Å². The van der Waals surface area contributed by atoms with Crippen molar-refractivity contribution in [2.75, 3.05) is 26.2 Å². The lowest BCUT2D eigenvalue weighted by Gasteiger charge is -2.34. The Balaban J connectivity index is 1.22. The van der Waals surface area contributed by atoms with Crippen LogP contribution in [0.4, 0.5) is 0 Å². The summed E-state index contributed by atoms with van der Waals surface area (Å²) in [6.07, 6.45) is 9.88. The number of carbonyl (C=O) groups excluding carboxylic acids is 2. The molecule has 1 fully saturated rings. The Morgan fingerprint density at radius 3 is 1.95 bits per heavy atom. The number of hydrogen-bond donors (Lipinski definition) is 2. The first-order valence-corrected chi connectivity index (χ1v) is 12.4. The van der Waals surface area contributed by atoms with Crippen LogP contribution in [0.25, 0.3) is 29.1 Å². The molecule has 0 saturated carbocycles. The Morgan fingerprint density at radius 1 is 0.868 bits per heavy atom. The largest absolute Gasteiger partial charge is 0.340 e. The van der Waals surface area contributed by atoms with Crippen LogP contribution in [0.15, 0.2) is 67.5 Å². The molecular weight excluding hydrogens is 480 g/mol. The average molecular weight is 509 g/mol. The molecule has 192 valence electrons. The number of pyridine rings is 2. The zero-order valence-electron chi connectivity index (χ0n) is 21.1. The zero-order valence-corrected chi connectivity index (χ0v) is 21.1. The van der Waals surface area contributed by atoms with Crippen LogP contribution in [0.3, 0.4) is 0 Å². The number of hydrogen-bond acceptors (Lipinski definition) is 6. The predicted molar refractivity (Wildman–Crippen MR) is 144 cm³/mol. The number of H-pyrrole nitrogens is 2. The average Bonchev–Trinajstić information content (AvgIpc) is 3.66. The van der Waals surface area contributed by atoms with Crippen LogP contribution in [0.5, 0.6) is 0 Å². The van der Waals surface area contributed by atoms with Crippen molar-refractivity contribution >= 4 is 17.9 Å². The summed E-state index contributed by atoms with van der Waals surface area (Å²) in [5.74, 6) is 0.847. The molecule has 2 N–H and O–H groups in total. The summed E-state index contributed by atoms with van der Waals surface area (Å²) in [4.78, 5) is 53.9. The highest BCUT2D eigenvalue weighted by Gasteiger charge is 2.27. The van der Waals surface area contributed by atoms with Gasteiger partial charge in [0.2, 0.25) is 0 Å². The van der Waals surface area contributed by atoms with Gasteiger partial charge in [0.15, 0.2) is 11.6 Å². The summed E-state index contributed by atoms with van der Waals surface area (Å²) >= 11 is 0. The molecule has 0 aliphatic carbocycles. The third-order valence-corrected chi connectivity index (χ3v) is 6.29. The third kappa shape index (κ3) is 5.29. The number of carbonyl (C=O) groups is 2. The van der Waals surface area contributed by atoms with Gasteiger partial charge in [-0.1, -0.05) is 30.9 Å². The number of rotatable bonds is 7. The van der Waals surface area contributed by atoms with Crippen molar-refractivity contribution in [1.82, 2.24) is 39.7 Å². The molecule has 0 unspecified atom stereocenters. The smallest absolute Gasteiger partial charge is 0.272 e. The molecule has 1 aliphatic heterocycles. The molecular formula is C28H28N8O2. The van der Waals surface area contributed by atoms with Crippen LogP contribution in [0, 0.1) is 0 Å². The van der Waals surface area contributed by atoms with Gasteiger partial charge in [-0.3, -0.25) is 9.59 Å². The molecule has 5 rings (SSSR count). The second-order valence-electron chi connectivity index (χ2n) is 8.82. The van der Waals surface area contributed by atoms with Gasteiger partial charge < -0.3 is 19.8 Å². The minimum absolute atomic E-state index is 0.171. The van der Waals surface area contributed by atoms with Gasteiger partial charge in [-0.25, -0.2) is 19.9 Å². The highest BCUT2D eigenvalue weighted by molar-refractivity contribution is 5.94. The fourth-order valence-electron chi connectivity index (χ4n) is 4.22. The van der Waals surface area contributed by atoms with Gasteiger partial charge in [0, 0.05) is 44.5 Å². The van der Waals surface area contributed by atoms with E-state index in [1.165, 1.54) is 0 Å². The molecule has 4 aromatic heterocycles. The fourth-order valence-corrected chi connectivity index (χ4v) is 4.22. The van der Waals surface area contributed by atoms with Crippen molar-refractivity contribution in [2.45, 2.75) is 13.3 Å². The molecule has 38 heavy (non-hydrogen) atoms. The maximum atomic E-state index is 13.2.